The smallest absolute Gasteiger partial charge is 0.241 e. The summed E-state index contributed by atoms with van der Waals surface area (Å²) in [6.45, 7) is 0.0373. The van der Waals surface area contributed by atoms with Crippen molar-refractivity contribution >= 4 is 17.5 Å². The number of carbonyl (C=O) groups is 2. The van der Waals surface area contributed by atoms with Gasteiger partial charge in [-0.1, -0.05) is 0 Å². The number of nitrogens with two attached hydrogens (primary N) is 1. The third-order valence-corrected chi connectivity index (χ3v) is 1.69. The van der Waals surface area contributed by atoms with Crippen LogP contribution >= 0.6 is 0 Å². The Labute approximate surface area is 86.6 Å². The molecule has 0 aliphatic carbocycles. The zero-order chi connectivity index (χ0) is 11.3. The highest BCUT2D eigenvalue weighted by molar-refractivity contribution is 5.91. The number of rotatable bonds is 4. The summed E-state index contributed by atoms with van der Waals surface area (Å²) in [6, 6.07) is 0. The summed E-state index contributed by atoms with van der Waals surface area (Å²) in [7, 11) is 1.54. The lowest BCUT2D eigenvalue weighted by atomic mass is 10.5. The van der Waals surface area contributed by atoms with Gasteiger partial charge < -0.3 is 16.4 Å². The molecular formula is C8H13N5O2. The van der Waals surface area contributed by atoms with Crippen molar-refractivity contribution in [2.45, 2.75) is 6.54 Å². The van der Waals surface area contributed by atoms with Crippen LogP contribution < -0.4 is 16.4 Å². The van der Waals surface area contributed by atoms with Crippen molar-refractivity contribution < 1.29 is 9.59 Å². The van der Waals surface area contributed by atoms with Crippen LogP contribution in [0.25, 0.3) is 0 Å². The number of hydrogen-bond acceptors (Lipinski definition) is 4. The number of nitrogens with one attached hydrogen (secondary N) is 2. The molecule has 2 amide bonds. The lowest BCUT2D eigenvalue weighted by molar-refractivity contribution is -0.121. The van der Waals surface area contributed by atoms with Crippen LogP contribution in [0.2, 0.25) is 0 Å². The highest BCUT2D eigenvalue weighted by Gasteiger charge is 2.04. The topological polar surface area (TPSA) is 102 Å². The van der Waals surface area contributed by atoms with E-state index in [0.717, 1.165) is 0 Å². The molecule has 1 aromatic heterocycles. The second kappa shape index (κ2) is 5.11. The summed E-state index contributed by atoms with van der Waals surface area (Å²) in [4.78, 5) is 21.9. The Morgan fingerprint density at radius 2 is 2.27 bits per heavy atom. The van der Waals surface area contributed by atoms with Gasteiger partial charge in [-0.05, 0) is 0 Å². The molecule has 0 atom stereocenters. The normalized spacial score (nSPS) is 9.73. The van der Waals surface area contributed by atoms with Crippen molar-refractivity contribution in [3.8, 4) is 0 Å². The molecule has 7 nitrogen and oxygen atoms in total. The Kier molecular flexibility index (Phi) is 3.81. The molecule has 4 N–H and O–H groups in total. The maximum atomic E-state index is 11.0. The van der Waals surface area contributed by atoms with E-state index >= 15 is 0 Å². The Hall–Kier alpha value is -1.89. The van der Waals surface area contributed by atoms with Gasteiger partial charge in [-0.2, -0.15) is 5.10 Å². The summed E-state index contributed by atoms with van der Waals surface area (Å²) in [5.41, 5.74) is 5.65. The molecule has 15 heavy (non-hydrogen) atoms. The van der Waals surface area contributed by atoms with Gasteiger partial charge in [0.15, 0.2) is 0 Å². The Morgan fingerprint density at radius 3 is 2.87 bits per heavy atom. The number of amides is 2. The zero-order valence-electron chi connectivity index (χ0n) is 8.36. The zero-order valence-corrected chi connectivity index (χ0v) is 8.36. The van der Waals surface area contributed by atoms with Crippen molar-refractivity contribution in [2.24, 2.45) is 5.73 Å². The van der Waals surface area contributed by atoms with Crippen LogP contribution in [0.5, 0.6) is 0 Å². The van der Waals surface area contributed by atoms with Crippen LogP contribution in [0.4, 0.5) is 5.69 Å². The third kappa shape index (κ3) is 3.39. The summed E-state index contributed by atoms with van der Waals surface area (Å²) in [5, 5.41) is 8.88. The Balaban J connectivity index is 2.56. The molecule has 1 rings (SSSR count). The molecule has 0 aliphatic heterocycles. The third-order valence-electron chi connectivity index (χ3n) is 1.69. The fourth-order valence-electron chi connectivity index (χ4n) is 0.953. The minimum absolute atomic E-state index is 0.0827. The maximum absolute atomic E-state index is 11.0. The van der Waals surface area contributed by atoms with E-state index in [2.05, 4.69) is 15.7 Å². The van der Waals surface area contributed by atoms with E-state index < -0.39 is 0 Å². The molecule has 0 radical (unpaired) electrons. The first kappa shape index (κ1) is 11.2. The SMILES string of the molecule is CNC(=O)Cn1cc(NC(=O)CN)cn1. The van der Waals surface area contributed by atoms with Crippen molar-refractivity contribution in [1.29, 1.82) is 0 Å². The number of carbonyl (C=O) groups excluding carboxylic acids is 2. The Bertz CT molecular complexity index is 327. The van der Waals surface area contributed by atoms with Gasteiger partial charge in [0.2, 0.25) is 11.8 Å². The van der Waals surface area contributed by atoms with Crippen molar-refractivity contribution in [2.75, 3.05) is 18.9 Å². The van der Waals surface area contributed by atoms with Crippen molar-refractivity contribution in [3.63, 3.8) is 0 Å². The molecule has 0 bridgehead atoms. The first-order chi connectivity index (χ1) is 7.15. The van der Waals surface area contributed by atoms with Crippen LogP contribution in [-0.2, 0) is 16.1 Å². The average Bonchev–Trinajstić information content (AvgIpc) is 2.65. The molecule has 1 heterocycles. The van der Waals surface area contributed by atoms with Gasteiger partial charge in [0.05, 0.1) is 18.4 Å². The van der Waals surface area contributed by atoms with Gasteiger partial charge in [-0.15, -0.1) is 0 Å². The molecule has 0 unspecified atom stereocenters. The molecule has 0 fully saturated rings. The molecule has 0 aromatic carbocycles. The molecule has 0 aliphatic rings. The van der Waals surface area contributed by atoms with Gasteiger partial charge in [0.1, 0.15) is 6.54 Å². The van der Waals surface area contributed by atoms with E-state index in [0.29, 0.717) is 5.69 Å². The van der Waals surface area contributed by atoms with Crippen LogP contribution in [0.1, 0.15) is 0 Å². The second-order valence-corrected chi connectivity index (χ2v) is 2.85. The molecule has 0 saturated heterocycles. The minimum Gasteiger partial charge on any atom is -0.358 e. The average molecular weight is 211 g/mol. The van der Waals surface area contributed by atoms with Gasteiger partial charge >= 0.3 is 0 Å². The van der Waals surface area contributed by atoms with E-state index in [4.69, 9.17) is 5.73 Å². The highest BCUT2D eigenvalue weighted by Crippen LogP contribution is 2.03. The highest BCUT2D eigenvalue weighted by atomic mass is 16.2. The largest absolute Gasteiger partial charge is 0.358 e. The van der Waals surface area contributed by atoms with E-state index in [1.54, 1.807) is 13.2 Å². The molecule has 82 valence electrons. The number of hydrogen-bond donors (Lipinski definition) is 3. The lowest BCUT2D eigenvalue weighted by Crippen LogP contribution is -2.23. The summed E-state index contributed by atoms with van der Waals surface area (Å²) >= 11 is 0. The van der Waals surface area contributed by atoms with Gasteiger partial charge in [0, 0.05) is 13.2 Å². The van der Waals surface area contributed by atoms with Crippen LogP contribution in [0.3, 0.4) is 0 Å². The summed E-state index contributed by atoms with van der Waals surface area (Å²) in [5.74, 6) is -0.454. The second-order valence-electron chi connectivity index (χ2n) is 2.85. The Morgan fingerprint density at radius 1 is 1.53 bits per heavy atom. The van der Waals surface area contributed by atoms with Crippen LogP contribution in [0, 0.1) is 0 Å². The fraction of sp³-hybridized carbons (Fsp3) is 0.375. The summed E-state index contributed by atoms with van der Waals surface area (Å²) in [6.07, 6.45) is 3.01. The molecular weight excluding hydrogens is 198 g/mol. The van der Waals surface area contributed by atoms with Gasteiger partial charge in [0.25, 0.3) is 0 Å². The summed E-state index contributed by atoms with van der Waals surface area (Å²) < 4.78 is 1.42. The van der Waals surface area contributed by atoms with E-state index in [1.165, 1.54) is 10.9 Å². The van der Waals surface area contributed by atoms with E-state index in [-0.39, 0.29) is 24.9 Å². The monoisotopic (exact) mass is 211 g/mol. The lowest BCUT2D eigenvalue weighted by Gasteiger charge is -1.99. The maximum Gasteiger partial charge on any atom is 0.241 e. The molecule has 7 heteroatoms. The fourth-order valence-corrected chi connectivity index (χ4v) is 0.953. The number of anilines is 1. The first-order valence-corrected chi connectivity index (χ1v) is 4.38. The number of likely N-dealkylation sites (N-methyl/N-ethyl adjacent to an activating group) is 1. The predicted molar refractivity (Wildman–Crippen MR) is 54.0 cm³/mol. The van der Waals surface area contributed by atoms with E-state index in [1.807, 2.05) is 0 Å². The minimum atomic E-state index is -0.297. The quantitative estimate of drug-likeness (QED) is 0.565. The standard InChI is InChI=1S/C8H13N5O2/c1-10-8(15)5-13-4-6(3-11-13)12-7(14)2-9/h3-4H,2,5,9H2,1H3,(H,10,15)(H,12,14). The van der Waals surface area contributed by atoms with Crippen LogP contribution in [0.15, 0.2) is 12.4 Å². The van der Waals surface area contributed by atoms with E-state index in [9.17, 15) is 9.59 Å². The first-order valence-electron chi connectivity index (χ1n) is 4.38. The van der Waals surface area contributed by atoms with Gasteiger partial charge in [-0.25, -0.2) is 0 Å². The number of nitrogens with zero attached hydrogens (tertiary/aromatic N) is 2. The molecule has 0 saturated carbocycles. The van der Waals surface area contributed by atoms with Crippen LogP contribution in [-0.4, -0.2) is 35.2 Å². The number of aromatic nitrogens is 2. The predicted octanol–water partition coefficient (Wildman–Crippen LogP) is -1.47. The van der Waals surface area contributed by atoms with Crippen molar-refractivity contribution in [3.05, 3.63) is 12.4 Å². The molecule has 0 spiro atoms. The van der Waals surface area contributed by atoms with Crippen molar-refractivity contribution in [1.82, 2.24) is 15.1 Å². The molecule has 1 aromatic rings. The van der Waals surface area contributed by atoms with Gasteiger partial charge in [-0.3, -0.25) is 14.3 Å².